The molecule has 1 rings (SSSR count). The van der Waals surface area contributed by atoms with Crippen LogP contribution in [0, 0.1) is 0 Å². The van der Waals surface area contributed by atoms with Crippen LogP contribution in [0.25, 0.3) is 0 Å². The SMILES string of the molecule is C[Si](C)(C)O[Si](C)(C)O[Si](C)(O[Si](C)(C)C)C1CO1. The van der Waals surface area contributed by atoms with Crippen molar-refractivity contribution in [3.05, 3.63) is 0 Å². The predicted octanol–water partition coefficient (Wildman–Crippen LogP) is 3.42. The molecule has 1 aliphatic heterocycles. The number of hydrogen-bond acceptors (Lipinski definition) is 4. The zero-order valence-electron chi connectivity index (χ0n) is 13.9. The summed E-state index contributed by atoms with van der Waals surface area (Å²) in [6.45, 7) is 20.4. The lowest BCUT2D eigenvalue weighted by atomic mass is 11.0. The molecule has 19 heavy (non-hydrogen) atoms. The lowest BCUT2D eigenvalue weighted by Gasteiger charge is -2.40. The normalized spacial score (nSPS) is 24.2. The largest absolute Gasteiger partial charge is 0.437 e. The molecule has 0 spiro atoms. The van der Waals surface area contributed by atoms with Gasteiger partial charge in [0, 0.05) is 0 Å². The maximum absolute atomic E-state index is 6.48. The van der Waals surface area contributed by atoms with Crippen LogP contribution in [0.1, 0.15) is 0 Å². The molecular formula is C11H30O4Si4. The van der Waals surface area contributed by atoms with Crippen LogP contribution in [0.5, 0.6) is 0 Å². The van der Waals surface area contributed by atoms with Gasteiger partial charge in [-0.3, -0.25) is 0 Å². The molecule has 0 radical (unpaired) electrons. The Morgan fingerprint density at radius 2 is 1.16 bits per heavy atom. The van der Waals surface area contributed by atoms with Crippen molar-refractivity contribution in [1.29, 1.82) is 0 Å². The Labute approximate surface area is 122 Å². The zero-order valence-corrected chi connectivity index (χ0v) is 17.9. The Morgan fingerprint density at radius 1 is 0.737 bits per heavy atom. The monoisotopic (exact) mass is 338 g/mol. The highest BCUT2D eigenvalue weighted by Gasteiger charge is 2.55. The quantitative estimate of drug-likeness (QED) is 0.527. The number of ether oxygens (including phenoxy) is 1. The molecule has 114 valence electrons. The summed E-state index contributed by atoms with van der Waals surface area (Å²) in [6.07, 6.45) is 0. The van der Waals surface area contributed by atoms with E-state index in [-0.39, 0.29) is 5.73 Å². The number of epoxide rings is 1. The van der Waals surface area contributed by atoms with E-state index >= 15 is 0 Å². The molecule has 0 aromatic carbocycles. The molecule has 0 aromatic rings. The van der Waals surface area contributed by atoms with Gasteiger partial charge in [-0.15, -0.1) is 0 Å². The van der Waals surface area contributed by atoms with Crippen LogP contribution in [0.2, 0.25) is 58.9 Å². The van der Waals surface area contributed by atoms with E-state index in [1.807, 2.05) is 0 Å². The smallest absolute Gasteiger partial charge is 0.348 e. The fraction of sp³-hybridized carbons (Fsp3) is 1.00. The summed E-state index contributed by atoms with van der Waals surface area (Å²) in [7, 11) is -7.67. The first-order valence-corrected chi connectivity index (χ1v) is 19.0. The lowest BCUT2D eigenvalue weighted by molar-refractivity contribution is 0.299. The molecule has 1 saturated heterocycles. The van der Waals surface area contributed by atoms with Gasteiger partial charge in [-0.2, -0.15) is 0 Å². The first-order chi connectivity index (χ1) is 8.23. The molecule has 0 aromatic heterocycles. The maximum atomic E-state index is 6.48. The highest BCUT2D eigenvalue weighted by molar-refractivity contribution is 6.90. The van der Waals surface area contributed by atoms with Gasteiger partial charge < -0.3 is 17.1 Å². The van der Waals surface area contributed by atoms with Gasteiger partial charge in [-0.1, -0.05) is 0 Å². The summed E-state index contributed by atoms with van der Waals surface area (Å²) in [5, 5.41) is 0. The molecule has 1 heterocycles. The Morgan fingerprint density at radius 3 is 1.47 bits per heavy atom. The van der Waals surface area contributed by atoms with Crippen LogP contribution in [0.15, 0.2) is 0 Å². The number of rotatable bonds is 7. The lowest BCUT2D eigenvalue weighted by Crippen LogP contribution is -2.59. The molecule has 8 heteroatoms. The summed E-state index contributed by atoms with van der Waals surface area (Å²) < 4.78 is 24.7. The van der Waals surface area contributed by atoms with Crippen molar-refractivity contribution in [1.82, 2.24) is 0 Å². The average Bonchev–Trinajstić information content (AvgIpc) is 2.70. The van der Waals surface area contributed by atoms with Crippen molar-refractivity contribution in [2.75, 3.05) is 6.61 Å². The van der Waals surface area contributed by atoms with Gasteiger partial charge in [0.15, 0.2) is 16.6 Å². The predicted molar refractivity (Wildman–Crippen MR) is 88.8 cm³/mol. The van der Waals surface area contributed by atoms with E-state index in [0.29, 0.717) is 0 Å². The summed E-state index contributed by atoms with van der Waals surface area (Å²) in [5.41, 5.74) is 0.191. The van der Waals surface area contributed by atoms with E-state index in [2.05, 4.69) is 58.9 Å². The molecule has 4 nitrogen and oxygen atoms in total. The van der Waals surface area contributed by atoms with Crippen molar-refractivity contribution in [3.63, 3.8) is 0 Å². The van der Waals surface area contributed by atoms with Crippen molar-refractivity contribution < 1.29 is 17.1 Å². The van der Waals surface area contributed by atoms with E-state index in [9.17, 15) is 0 Å². The Kier molecular flexibility index (Phi) is 5.12. The highest BCUT2D eigenvalue weighted by atomic mass is 28.5. The topological polar surface area (TPSA) is 40.2 Å². The average molecular weight is 339 g/mol. The minimum atomic E-state index is -2.29. The van der Waals surface area contributed by atoms with Crippen molar-refractivity contribution in [3.8, 4) is 0 Å². The van der Waals surface area contributed by atoms with E-state index < -0.39 is 33.8 Å². The second-order valence-corrected chi connectivity index (χ2v) is 24.1. The third-order valence-electron chi connectivity index (χ3n) is 2.43. The second kappa shape index (κ2) is 5.48. The van der Waals surface area contributed by atoms with Crippen LogP contribution >= 0.6 is 0 Å². The standard InChI is InChI=1S/C11H30O4Si4/c1-16(2,3)13-18(7,8)15-19(9,11-10-12-11)14-17(4,5)6/h11H,10H2,1-9H3. The molecule has 0 aliphatic carbocycles. The minimum absolute atomic E-state index is 0.191. The molecule has 1 fully saturated rings. The Hall–Kier alpha value is 0.708. The maximum Gasteiger partial charge on any atom is 0.348 e. The van der Waals surface area contributed by atoms with Gasteiger partial charge in [-0.25, -0.2) is 0 Å². The first kappa shape index (κ1) is 17.8. The molecular weight excluding hydrogens is 308 g/mol. The van der Waals surface area contributed by atoms with E-state index in [4.69, 9.17) is 17.1 Å². The van der Waals surface area contributed by atoms with E-state index in [1.165, 1.54) is 0 Å². The third kappa shape index (κ3) is 6.80. The Balaban J connectivity index is 2.78. The molecule has 2 unspecified atom stereocenters. The molecule has 1 aliphatic rings. The number of hydrogen-bond donors (Lipinski definition) is 0. The van der Waals surface area contributed by atoms with Crippen molar-refractivity contribution in [2.45, 2.75) is 64.7 Å². The Bertz CT molecular complexity index is 320. The van der Waals surface area contributed by atoms with Gasteiger partial charge >= 0.3 is 17.1 Å². The van der Waals surface area contributed by atoms with Crippen molar-refractivity contribution in [2.24, 2.45) is 0 Å². The van der Waals surface area contributed by atoms with Crippen LogP contribution in [-0.4, -0.2) is 46.1 Å². The van der Waals surface area contributed by atoms with Crippen LogP contribution < -0.4 is 0 Å². The molecule has 0 N–H and O–H groups in total. The molecule has 0 bridgehead atoms. The first-order valence-electron chi connectivity index (χ1n) is 6.95. The minimum Gasteiger partial charge on any atom is -0.437 e. The zero-order chi connectivity index (χ0) is 15.1. The van der Waals surface area contributed by atoms with Crippen LogP contribution in [0.3, 0.4) is 0 Å². The van der Waals surface area contributed by atoms with E-state index in [0.717, 1.165) is 6.61 Å². The molecule has 0 amide bonds. The van der Waals surface area contributed by atoms with Gasteiger partial charge in [0.1, 0.15) is 5.73 Å². The van der Waals surface area contributed by atoms with Gasteiger partial charge in [0.2, 0.25) is 0 Å². The third-order valence-corrected chi connectivity index (χ3v) is 16.0. The molecule has 2 atom stereocenters. The second-order valence-electron chi connectivity index (χ2n) is 7.77. The van der Waals surface area contributed by atoms with Crippen LogP contribution in [-0.2, 0) is 17.1 Å². The summed E-state index contributed by atoms with van der Waals surface area (Å²) in [4.78, 5) is 0. The summed E-state index contributed by atoms with van der Waals surface area (Å²) in [5.74, 6) is 0. The fourth-order valence-electron chi connectivity index (χ4n) is 2.36. The van der Waals surface area contributed by atoms with Crippen molar-refractivity contribution >= 4 is 33.8 Å². The summed E-state index contributed by atoms with van der Waals surface area (Å²) in [6, 6.07) is 0. The highest BCUT2D eigenvalue weighted by Crippen LogP contribution is 2.32. The fourth-order valence-corrected chi connectivity index (χ4v) is 19.9. The van der Waals surface area contributed by atoms with Gasteiger partial charge in [0.25, 0.3) is 0 Å². The van der Waals surface area contributed by atoms with Gasteiger partial charge in [-0.05, 0) is 58.9 Å². The van der Waals surface area contributed by atoms with Crippen LogP contribution in [0.4, 0.5) is 0 Å². The van der Waals surface area contributed by atoms with E-state index in [1.54, 1.807) is 0 Å². The molecule has 0 saturated carbocycles. The van der Waals surface area contributed by atoms with Gasteiger partial charge in [0.05, 0.1) is 6.61 Å². The summed E-state index contributed by atoms with van der Waals surface area (Å²) >= 11 is 0.